The van der Waals surface area contributed by atoms with Crippen LogP contribution in [0.15, 0.2) is 60.7 Å². The summed E-state index contributed by atoms with van der Waals surface area (Å²) in [5.74, 6) is -1.80. The number of hydrogen-bond donors (Lipinski definition) is 12. The Morgan fingerprint density at radius 2 is 0.887 bits per heavy atom. The Kier molecular flexibility index (Phi) is 12.3. The van der Waals surface area contributed by atoms with Crippen molar-refractivity contribution in [1.29, 1.82) is 0 Å². The highest BCUT2D eigenvalue weighted by atomic mass is 16.7. The zero-order valence-electron chi connectivity index (χ0n) is 32.6. The lowest BCUT2D eigenvalue weighted by molar-refractivity contribution is -0.265. The van der Waals surface area contributed by atoms with E-state index in [1.54, 1.807) is 0 Å². The van der Waals surface area contributed by atoms with Crippen molar-refractivity contribution in [3.8, 4) is 57.5 Å². The summed E-state index contributed by atoms with van der Waals surface area (Å²) in [5.41, 5.74) is 1.37. The molecule has 0 radical (unpaired) electrons. The first-order chi connectivity index (χ1) is 29.6. The molecular weight excluding hydrogens is 824 g/mol. The van der Waals surface area contributed by atoms with E-state index < -0.39 is 85.1 Å². The van der Waals surface area contributed by atoms with E-state index in [9.17, 15) is 61.3 Å². The SMILES string of the molecule is Oc1cc(O[C@@H]2OC[C@@H](O)[C@H](OCCO[C@@H]3[C@@H](O)[C@H](Oc4cc(O)cc5c4C[C@H](O)[C@H](c4ccc(O)c(O)c4)O5)OC[C@H]3O)[C@H]2O)c2c(c1)O[C@H](c1ccc(O)c(O)c1)[C@H](O)C2. The summed E-state index contributed by atoms with van der Waals surface area (Å²) in [5, 5.41) is 126. The molecule has 4 heterocycles. The summed E-state index contributed by atoms with van der Waals surface area (Å²) < 4.78 is 46.5. The predicted octanol–water partition coefficient (Wildman–Crippen LogP) is 0.379. The number of fused-ring (bicyclic) bond motifs is 2. The molecule has 0 bridgehead atoms. The van der Waals surface area contributed by atoms with Gasteiger partial charge in [0.25, 0.3) is 0 Å². The van der Waals surface area contributed by atoms with Gasteiger partial charge in [0.05, 0.1) is 38.6 Å². The first-order valence-corrected chi connectivity index (χ1v) is 19.6. The van der Waals surface area contributed by atoms with E-state index in [-0.39, 0.29) is 85.3 Å². The lowest BCUT2D eigenvalue weighted by atomic mass is 9.93. The molecule has 0 aliphatic carbocycles. The van der Waals surface area contributed by atoms with E-state index in [1.165, 1.54) is 60.7 Å². The maximum absolute atomic E-state index is 11.2. The van der Waals surface area contributed by atoms with Gasteiger partial charge in [-0.3, -0.25) is 0 Å². The molecular formula is C42H46O20. The summed E-state index contributed by atoms with van der Waals surface area (Å²) in [6.45, 7) is -1.20. The van der Waals surface area contributed by atoms with Crippen molar-refractivity contribution in [2.24, 2.45) is 0 Å². The van der Waals surface area contributed by atoms with E-state index in [4.69, 9.17) is 37.9 Å². The fourth-order valence-electron chi connectivity index (χ4n) is 7.90. The van der Waals surface area contributed by atoms with Crippen LogP contribution < -0.4 is 18.9 Å². The van der Waals surface area contributed by atoms with E-state index in [0.29, 0.717) is 22.3 Å². The van der Waals surface area contributed by atoms with Crippen molar-refractivity contribution >= 4 is 0 Å². The van der Waals surface area contributed by atoms with Crippen molar-refractivity contribution < 1.29 is 99.2 Å². The van der Waals surface area contributed by atoms with E-state index >= 15 is 0 Å². The third kappa shape index (κ3) is 8.75. The largest absolute Gasteiger partial charge is 0.508 e. The van der Waals surface area contributed by atoms with Crippen LogP contribution in [0.25, 0.3) is 0 Å². The Morgan fingerprint density at radius 3 is 1.27 bits per heavy atom. The molecule has 0 unspecified atom stereocenters. The van der Waals surface area contributed by atoms with Crippen LogP contribution in [0, 0.1) is 0 Å². The minimum absolute atomic E-state index is 0.00203. The molecule has 20 nitrogen and oxygen atoms in total. The maximum Gasteiger partial charge on any atom is 0.228 e. The highest BCUT2D eigenvalue weighted by Crippen LogP contribution is 2.46. The summed E-state index contributed by atoms with van der Waals surface area (Å²) in [6, 6.07) is 13.0. The predicted molar refractivity (Wildman–Crippen MR) is 206 cm³/mol. The number of hydrogen-bond acceptors (Lipinski definition) is 20. The molecule has 8 rings (SSSR count). The van der Waals surface area contributed by atoms with Crippen molar-refractivity contribution in [2.75, 3.05) is 26.4 Å². The average molecular weight is 871 g/mol. The van der Waals surface area contributed by atoms with Crippen LogP contribution in [0.1, 0.15) is 34.5 Å². The van der Waals surface area contributed by atoms with Gasteiger partial charge in [-0.1, -0.05) is 12.1 Å². The Morgan fingerprint density at radius 1 is 0.484 bits per heavy atom. The number of phenolic OH excluding ortho intramolecular Hbond substituents is 6. The molecule has 0 spiro atoms. The second-order valence-corrected chi connectivity index (χ2v) is 15.4. The zero-order chi connectivity index (χ0) is 44.0. The van der Waals surface area contributed by atoms with Crippen molar-refractivity contribution in [2.45, 2.75) is 86.5 Å². The van der Waals surface area contributed by atoms with E-state index in [2.05, 4.69) is 0 Å². The number of phenols is 6. The highest BCUT2D eigenvalue weighted by Gasteiger charge is 2.44. The third-order valence-electron chi connectivity index (χ3n) is 11.0. The first-order valence-electron chi connectivity index (χ1n) is 19.6. The van der Waals surface area contributed by atoms with Crippen LogP contribution in [0.4, 0.5) is 0 Å². The van der Waals surface area contributed by atoms with Gasteiger partial charge < -0.3 is 99.2 Å². The fraction of sp³-hybridized carbons (Fsp3) is 0.429. The zero-order valence-corrected chi connectivity index (χ0v) is 32.6. The van der Waals surface area contributed by atoms with Gasteiger partial charge in [-0.05, 0) is 35.4 Å². The van der Waals surface area contributed by atoms with Crippen molar-refractivity contribution in [3.63, 3.8) is 0 Å². The van der Waals surface area contributed by atoms with Crippen LogP contribution in [-0.4, -0.2) is 149 Å². The molecule has 2 fully saturated rings. The molecule has 2 saturated heterocycles. The Bertz CT molecular complexity index is 2080. The lowest BCUT2D eigenvalue weighted by Crippen LogP contribution is -2.57. The number of aromatic hydroxyl groups is 6. The van der Waals surface area contributed by atoms with E-state index in [0.717, 1.165) is 0 Å². The summed E-state index contributed by atoms with van der Waals surface area (Å²) in [7, 11) is 0. The number of aliphatic hydroxyl groups is 6. The van der Waals surface area contributed by atoms with Crippen LogP contribution in [0.5, 0.6) is 57.5 Å². The van der Waals surface area contributed by atoms with Crippen LogP contribution in [0.2, 0.25) is 0 Å². The van der Waals surface area contributed by atoms with Gasteiger partial charge in [0.2, 0.25) is 12.6 Å². The van der Waals surface area contributed by atoms with Crippen molar-refractivity contribution in [3.05, 3.63) is 82.9 Å². The molecule has 0 amide bonds. The highest BCUT2D eigenvalue weighted by molar-refractivity contribution is 5.54. The Balaban J connectivity index is 0.874. The van der Waals surface area contributed by atoms with Crippen LogP contribution in [0.3, 0.4) is 0 Å². The molecule has 334 valence electrons. The van der Waals surface area contributed by atoms with E-state index in [1.807, 2.05) is 0 Å². The second-order valence-electron chi connectivity index (χ2n) is 15.4. The molecule has 0 aromatic heterocycles. The standard InChI is InChI=1S/C42H46O20/c43-19-9-31-21(13-27(49)37(59-31)17-1-3-23(45)25(47)7-17)33(11-19)61-41-35(53)39(29(51)15-57-41)55-5-6-56-40-30(52)16-58-42(36(40)54)62-34-12-20(44)10-32-22(34)14-28(50)38(60-32)18-2-4-24(46)26(48)8-18/h1-4,7-12,27-30,35-54H,5-6,13-16H2/t27-,28+,29-,30-,35-,36-,37-,38+,39+,40+,41+,42+/m1/s1. The van der Waals surface area contributed by atoms with Crippen LogP contribution in [-0.2, 0) is 31.8 Å². The summed E-state index contributed by atoms with van der Waals surface area (Å²) in [6.07, 6.45) is -15.6. The molecule has 0 saturated carbocycles. The topological polar surface area (TPSA) is 317 Å². The number of ether oxygens (including phenoxy) is 8. The number of rotatable bonds is 11. The van der Waals surface area contributed by atoms with Gasteiger partial charge in [-0.2, -0.15) is 0 Å². The molecule has 12 atom stereocenters. The molecule has 12 N–H and O–H groups in total. The van der Waals surface area contributed by atoms with Crippen molar-refractivity contribution in [1.82, 2.24) is 0 Å². The Labute approximate surface area is 352 Å². The van der Waals surface area contributed by atoms with Gasteiger partial charge in [0.15, 0.2) is 23.0 Å². The molecule has 4 aromatic rings. The normalized spacial score (nSPS) is 30.6. The third-order valence-corrected chi connectivity index (χ3v) is 11.0. The summed E-state index contributed by atoms with van der Waals surface area (Å²) in [4.78, 5) is 0. The average Bonchev–Trinajstić information content (AvgIpc) is 3.22. The smallest absolute Gasteiger partial charge is 0.228 e. The monoisotopic (exact) mass is 870 g/mol. The quantitative estimate of drug-likeness (QED) is 0.0716. The molecule has 4 aliphatic rings. The fourth-order valence-corrected chi connectivity index (χ4v) is 7.90. The van der Waals surface area contributed by atoms with Gasteiger partial charge in [0, 0.05) is 48.2 Å². The lowest BCUT2D eigenvalue weighted by Gasteiger charge is -2.39. The van der Waals surface area contributed by atoms with Crippen LogP contribution >= 0.6 is 0 Å². The second kappa shape index (κ2) is 17.7. The molecule has 4 aromatic carbocycles. The minimum atomic E-state index is -1.60. The minimum Gasteiger partial charge on any atom is -0.508 e. The van der Waals surface area contributed by atoms with Gasteiger partial charge in [0.1, 0.15) is 83.3 Å². The Hall–Kier alpha value is -5.52. The van der Waals surface area contributed by atoms with Gasteiger partial charge >= 0.3 is 0 Å². The summed E-state index contributed by atoms with van der Waals surface area (Å²) >= 11 is 0. The number of aliphatic hydroxyl groups excluding tert-OH is 6. The first kappa shape index (κ1) is 43.1. The molecule has 20 heteroatoms. The number of benzene rings is 4. The van der Waals surface area contributed by atoms with Gasteiger partial charge in [-0.25, -0.2) is 0 Å². The van der Waals surface area contributed by atoms with Gasteiger partial charge in [-0.15, -0.1) is 0 Å². The molecule has 4 aliphatic heterocycles. The molecule has 62 heavy (non-hydrogen) atoms. The maximum atomic E-state index is 11.2.